The molecule has 2 aromatic rings. The Morgan fingerprint density at radius 2 is 2.24 bits per heavy atom. The number of nitriles is 1. The summed E-state index contributed by atoms with van der Waals surface area (Å²) in [7, 11) is 0. The highest BCUT2D eigenvalue weighted by atomic mass is 32.1. The molecule has 0 aliphatic carbocycles. The lowest BCUT2D eigenvalue weighted by atomic mass is 10.2. The second kappa shape index (κ2) is 5.17. The predicted octanol–water partition coefficient (Wildman–Crippen LogP) is 3.37. The molecule has 1 unspecified atom stereocenters. The lowest BCUT2D eigenvalue weighted by Crippen LogP contribution is -2.16. The van der Waals surface area contributed by atoms with E-state index in [1.165, 1.54) is 9.75 Å². The molecular weight excluding hydrogens is 232 g/mol. The number of rotatable bonds is 4. The summed E-state index contributed by atoms with van der Waals surface area (Å²) in [6, 6.07) is 10.1. The van der Waals surface area contributed by atoms with Gasteiger partial charge in [0, 0.05) is 15.8 Å². The summed E-state index contributed by atoms with van der Waals surface area (Å²) in [4.78, 5) is 2.63. The Kier molecular flexibility index (Phi) is 3.62. The van der Waals surface area contributed by atoms with Crippen molar-refractivity contribution in [3.05, 3.63) is 45.5 Å². The van der Waals surface area contributed by atoms with Crippen LogP contribution in [0.5, 0.6) is 0 Å². The molecule has 17 heavy (non-hydrogen) atoms. The first kappa shape index (κ1) is 11.9. The summed E-state index contributed by atoms with van der Waals surface area (Å²) in [5.41, 5.74) is 0. The van der Waals surface area contributed by atoms with Crippen LogP contribution in [0.25, 0.3) is 0 Å². The van der Waals surface area contributed by atoms with Crippen LogP contribution in [0.15, 0.2) is 28.7 Å². The lowest BCUT2D eigenvalue weighted by molar-refractivity contribution is 0.455. The lowest BCUT2D eigenvalue weighted by Gasteiger charge is -2.10. The number of hydrogen-bond acceptors (Lipinski definition) is 4. The number of thiophene rings is 1. The Morgan fingerprint density at radius 3 is 2.82 bits per heavy atom. The molecule has 2 aromatic heterocycles. The van der Waals surface area contributed by atoms with Gasteiger partial charge in [-0.15, -0.1) is 11.3 Å². The van der Waals surface area contributed by atoms with Gasteiger partial charge in [-0.1, -0.05) is 0 Å². The molecular formula is C13H14N2OS. The Morgan fingerprint density at radius 1 is 1.41 bits per heavy atom. The van der Waals surface area contributed by atoms with Gasteiger partial charge in [0.05, 0.1) is 6.54 Å². The molecule has 88 valence electrons. The fourth-order valence-electron chi connectivity index (χ4n) is 1.57. The van der Waals surface area contributed by atoms with E-state index in [1.807, 2.05) is 12.1 Å². The third-order valence-corrected chi connectivity index (χ3v) is 3.73. The van der Waals surface area contributed by atoms with E-state index in [4.69, 9.17) is 9.68 Å². The average molecular weight is 246 g/mol. The third-order valence-electron chi connectivity index (χ3n) is 2.54. The zero-order valence-electron chi connectivity index (χ0n) is 9.86. The molecule has 0 aliphatic heterocycles. The number of furan rings is 1. The van der Waals surface area contributed by atoms with E-state index in [1.54, 1.807) is 17.4 Å². The van der Waals surface area contributed by atoms with Gasteiger partial charge in [-0.05, 0) is 38.1 Å². The second-order valence-corrected chi connectivity index (χ2v) is 5.25. The Bertz CT molecular complexity index is 536. The van der Waals surface area contributed by atoms with Crippen LogP contribution < -0.4 is 5.32 Å². The van der Waals surface area contributed by atoms with E-state index in [0.29, 0.717) is 18.3 Å². The van der Waals surface area contributed by atoms with Gasteiger partial charge in [0.1, 0.15) is 11.8 Å². The van der Waals surface area contributed by atoms with Crippen molar-refractivity contribution >= 4 is 11.3 Å². The van der Waals surface area contributed by atoms with Gasteiger partial charge in [0.15, 0.2) is 0 Å². The van der Waals surface area contributed by atoms with Gasteiger partial charge in [-0.2, -0.15) is 5.26 Å². The summed E-state index contributed by atoms with van der Waals surface area (Å²) in [5.74, 6) is 1.16. The van der Waals surface area contributed by atoms with Gasteiger partial charge >= 0.3 is 0 Å². The Labute approximate surface area is 105 Å². The normalized spacial score (nSPS) is 12.3. The molecule has 0 aromatic carbocycles. The Balaban J connectivity index is 1.92. The van der Waals surface area contributed by atoms with Crippen LogP contribution in [0.2, 0.25) is 0 Å². The van der Waals surface area contributed by atoms with Gasteiger partial charge in [0.2, 0.25) is 5.76 Å². The minimum atomic E-state index is 0.296. The SMILES string of the molecule is Cc1ccc(C(C)NCc2ccc(C#N)o2)s1. The van der Waals surface area contributed by atoms with Crippen LogP contribution in [0.1, 0.15) is 34.2 Å². The highest BCUT2D eigenvalue weighted by molar-refractivity contribution is 7.12. The van der Waals surface area contributed by atoms with Crippen molar-refractivity contribution in [3.8, 4) is 6.07 Å². The first-order chi connectivity index (χ1) is 8.19. The molecule has 2 rings (SSSR count). The topological polar surface area (TPSA) is 49.0 Å². The number of hydrogen-bond donors (Lipinski definition) is 1. The van der Waals surface area contributed by atoms with Crippen molar-refractivity contribution in [2.45, 2.75) is 26.4 Å². The van der Waals surface area contributed by atoms with Gasteiger partial charge < -0.3 is 9.73 Å². The molecule has 1 N–H and O–H groups in total. The maximum Gasteiger partial charge on any atom is 0.203 e. The van der Waals surface area contributed by atoms with Gasteiger partial charge in [-0.3, -0.25) is 0 Å². The van der Waals surface area contributed by atoms with Crippen LogP contribution in [-0.2, 0) is 6.54 Å². The monoisotopic (exact) mass is 246 g/mol. The van der Waals surface area contributed by atoms with Crippen molar-refractivity contribution in [1.82, 2.24) is 5.32 Å². The largest absolute Gasteiger partial charge is 0.449 e. The van der Waals surface area contributed by atoms with Crippen LogP contribution >= 0.6 is 11.3 Å². The standard InChI is InChI=1S/C13H14N2OS/c1-9-3-6-13(17-9)10(2)15-8-12-5-4-11(7-14)16-12/h3-6,10,15H,8H2,1-2H3. The highest BCUT2D eigenvalue weighted by Crippen LogP contribution is 2.22. The second-order valence-electron chi connectivity index (χ2n) is 3.93. The van der Waals surface area contributed by atoms with Gasteiger partial charge in [0.25, 0.3) is 0 Å². The third kappa shape index (κ3) is 2.96. The molecule has 0 radical (unpaired) electrons. The van der Waals surface area contributed by atoms with E-state index < -0.39 is 0 Å². The van der Waals surface area contributed by atoms with E-state index in [0.717, 1.165) is 5.76 Å². The van der Waals surface area contributed by atoms with Crippen molar-refractivity contribution in [2.24, 2.45) is 0 Å². The molecule has 2 heterocycles. The molecule has 0 saturated heterocycles. The van der Waals surface area contributed by atoms with Crippen molar-refractivity contribution in [1.29, 1.82) is 5.26 Å². The summed E-state index contributed by atoms with van der Waals surface area (Å²) in [6.45, 7) is 4.87. The van der Waals surface area contributed by atoms with Crippen LogP contribution in [0.3, 0.4) is 0 Å². The van der Waals surface area contributed by atoms with Crippen molar-refractivity contribution in [2.75, 3.05) is 0 Å². The molecule has 1 atom stereocenters. The maximum atomic E-state index is 8.65. The number of nitrogens with one attached hydrogen (secondary N) is 1. The molecule has 4 heteroatoms. The van der Waals surface area contributed by atoms with E-state index in [2.05, 4.69) is 31.3 Å². The molecule has 0 fully saturated rings. The minimum Gasteiger partial charge on any atom is -0.449 e. The first-order valence-electron chi connectivity index (χ1n) is 5.47. The summed E-state index contributed by atoms with van der Waals surface area (Å²) >= 11 is 1.80. The summed E-state index contributed by atoms with van der Waals surface area (Å²) in [6.07, 6.45) is 0. The molecule has 0 bridgehead atoms. The minimum absolute atomic E-state index is 0.296. The van der Waals surface area contributed by atoms with E-state index in [-0.39, 0.29) is 0 Å². The quantitative estimate of drug-likeness (QED) is 0.899. The van der Waals surface area contributed by atoms with Crippen molar-refractivity contribution < 1.29 is 4.42 Å². The predicted molar refractivity (Wildman–Crippen MR) is 67.7 cm³/mol. The van der Waals surface area contributed by atoms with Crippen LogP contribution in [-0.4, -0.2) is 0 Å². The average Bonchev–Trinajstić information content (AvgIpc) is 2.94. The number of aryl methyl sites for hydroxylation is 1. The van der Waals surface area contributed by atoms with E-state index >= 15 is 0 Å². The zero-order chi connectivity index (χ0) is 12.3. The fraction of sp³-hybridized carbons (Fsp3) is 0.308. The molecule has 0 amide bonds. The Hall–Kier alpha value is -1.57. The zero-order valence-corrected chi connectivity index (χ0v) is 10.7. The summed E-state index contributed by atoms with van der Waals surface area (Å²) in [5, 5.41) is 12.0. The summed E-state index contributed by atoms with van der Waals surface area (Å²) < 4.78 is 5.30. The smallest absolute Gasteiger partial charge is 0.203 e. The molecule has 0 aliphatic rings. The highest BCUT2D eigenvalue weighted by Gasteiger charge is 2.08. The van der Waals surface area contributed by atoms with Gasteiger partial charge in [-0.25, -0.2) is 0 Å². The molecule has 0 spiro atoms. The van der Waals surface area contributed by atoms with Crippen LogP contribution in [0.4, 0.5) is 0 Å². The maximum absolute atomic E-state index is 8.65. The van der Waals surface area contributed by atoms with E-state index in [9.17, 15) is 0 Å². The van der Waals surface area contributed by atoms with Crippen molar-refractivity contribution in [3.63, 3.8) is 0 Å². The number of nitrogens with zero attached hydrogens (tertiary/aromatic N) is 1. The first-order valence-corrected chi connectivity index (χ1v) is 6.29. The molecule has 0 saturated carbocycles. The fourth-order valence-corrected chi connectivity index (χ4v) is 2.48. The molecule has 3 nitrogen and oxygen atoms in total. The van der Waals surface area contributed by atoms with Crippen LogP contribution in [0, 0.1) is 18.3 Å².